The zero-order valence-corrected chi connectivity index (χ0v) is 24.6. The molecule has 4 aromatic rings. The van der Waals surface area contributed by atoms with Crippen molar-refractivity contribution in [3.05, 3.63) is 41.3 Å². The van der Waals surface area contributed by atoms with Gasteiger partial charge >= 0.3 is 0 Å². The maximum atomic E-state index is 5.43. The first kappa shape index (κ1) is 26.2. The molecule has 2 N–H and O–H groups in total. The van der Waals surface area contributed by atoms with Gasteiger partial charge in [-0.3, -0.25) is 0 Å². The molecule has 4 aromatic heterocycles. The summed E-state index contributed by atoms with van der Waals surface area (Å²) in [4.78, 5) is 16.2. The number of H-pyrrole nitrogens is 1. The summed E-state index contributed by atoms with van der Waals surface area (Å²) in [5.41, 5.74) is 8.85. The molecule has 1 aliphatic rings. The third-order valence-corrected chi connectivity index (χ3v) is 9.67. The van der Waals surface area contributed by atoms with Crippen molar-refractivity contribution < 1.29 is 0 Å². The topological polar surface area (TPSA) is 74.1 Å². The van der Waals surface area contributed by atoms with Gasteiger partial charge in [-0.25, -0.2) is 14.5 Å². The summed E-state index contributed by atoms with van der Waals surface area (Å²) in [6, 6.07) is 4.39. The maximum Gasteiger partial charge on any atom is 0.158 e. The highest BCUT2D eigenvalue weighted by Crippen LogP contribution is 2.41. The lowest BCUT2D eigenvalue weighted by Crippen LogP contribution is -2.92. The molecule has 1 aliphatic heterocycles. The fourth-order valence-corrected chi connectivity index (χ4v) is 6.35. The number of piperazine rings is 1. The van der Waals surface area contributed by atoms with Crippen LogP contribution in [0.1, 0.15) is 36.5 Å². The molecule has 37 heavy (non-hydrogen) atoms. The van der Waals surface area contributed by atoms with Crippen LogP contribution in [0.2, 0.25) is 0 Å². The average molecular weight is 484 g/mol. The van der Waals surface area contributed by atoms with E-state index in [9.17, 15) is 0 Å². The largest absolute Gasteiger partial charge is 0.376 e. The zero-order chi connectivity index (χ0) is 27.3. The molecule has 15 heteroatoms. The Morgan fingerprint density at radius 2 is 1.51 bits per heavy atom. The van der Waals surface area contributed by atoms with Crippen molar-refractivity contribution in [3.63, 3.8) is 0 Å². The number of aromatic nitrogens is 5. The van der Waals surface area contributed by atoms with Crippen LogP contribution in [0.5, 0.6) is 0 Å². The van der Waals surface area contributed by atoms with Crippen molar-refractivity contribution >= 4 is 85.3 Å². The van der Waals surface area contributed by atoms with E-state index in [0.29, 0.717) is 0 Å². The fourth-order valence-electron chi connectivity index (χ4n) is 6.35. The smallest absolute Gasteiger partial charge is 0.158 e. The molecular formula is C22H35B8N7. The van der Waals surface area contributed by atoms with Crippen LogP contribution in [0.3, 0.4) is 0 Å². The molecule has 0 atom stereocenters. The van der Waals surface area contributed by atoms with E-state index in [2.05, 4.69) is 134 Å². The van der Waals surface area contributed by atoms with E-state index in [1.54, 1.807) is 6.33 Å². The maximum absolute atomic E-state index is 5.43. The standard InChI is InChI=1S/C22H35B8N7/c1-9(2)15-16(12-7-36-18(31-8-32-36)11(4)10(12)3)33-13-5-6-14(34-17(13)15)37-21(27,28)19(23,24)35-20(25,26)22(37,29)30/h5-9,33,35H,23-30H2,1-4H3. The Morgan fingerprint density at radius 3 is 2.11 bits per heavy atom. The zero-order valence-electron chi connectivity index (χ0n) is 24.6. The van der Waals surface area contributed by atoms with Crippen LogP contribution < -0.4 is 10.2 Å². The van der Waals surface area contributed by atoms with E-state index in [1.807, 2.05) is 4.52 Å². The first-order valence-corrected chi connectivity index (χ1v) is 13.4. The van der Waals surface area contributed by atoms with Gasteiger partial charge < -0.3 is 15.2 Å². The van der Waals surface area contributed by atoms with Gasteiger partial charge in [0.05, 0.1) is 16.7 Å². The van der Waals surface area contributed by atoms with E-state index in [4.69, 9.17) is 4.98 Å². The van der Waals surface area contributed by atoms with Gasteiger partial charge in [-0.2, -0.15) is 5.10 Å². The van der Waals surface area contributed by atoms with Crippen molar-refractivity contribution in [1.29, 1.82) is 0 Å². The quantitative estimate of drug-likeness (QED) is 0.286. The molecular weight excluding hydrogens is 449 g/mol. The van der Waals surface area contributed by atoms with E-state index >= 15 is 0 Å². The van der Waals surface area contributed by atoms with Crippen LogP contribution in [0.4, 0.5) is 5.82 Å². The van der Waals surface area contributed by atoms with Gasteiger partial charge in [-0.15, -0.1) is 0 Å². The van der Waals surface area contributed by atoms with Gasteiger partial charge in [-0.05, 0) is 64.4 Å². The summed E-state index contributed by atoms with van der Waals surface area (Å²) in [5, 5.41) is 7.74. The molecule has 5 heterocycles. The lowest BCUT2D eigenvalue weighted by molar-refractivity contribution is 0.347. The minimum absolute atomic E-state index is 0.130. The molecule has 0 amide bonds. The first-order chi connectivity index (χ1) is 17.0. The van der Waals surface area contributed by atoms with Crippen LogP contribution in [0, 0.1) is 13.8 Å². The molecule has 0 spiro atoms. The number of rotatable bonds is 3. The number of fused-ring (bicyclic) bond motifs is 2. The summed E-state index contributed by atoms with van der Waals surface area (Å²) in [7, 11) is 18.5. The first-order valence-electron chi connectivity index (χ1n) is 13.4. The van der Waals surface area contributed by atoms with Crippen molar-refractivity contribution in [3.8, 4) is 11.3 Å². The van der Waals surface area contributed by atoms with Crippen LogP contribution in [0.15, 0.2) is 24.7 Å². The number of hydrogen-bond donors (Lipinski definition) is 2. The van der Waals surface area contributed by atoms with Gasteiger partial charge in [0.25, 0.3) is 0 Å². The SMILES string of the molecule is BC1(B)NC(B)(B)C(B)(B)N(c2ccc3[nH]c(-c4cn5ncnc5c(C)c4C)c(C(C)C)c3n2)C1(B)B. The minimum atomic E-state index is -0.185. The highest BCUT2D eigenvalue weighted by molar-refractivity contribution is 6.62. The summed E-state index contributed by atoms with van der Waals surface area (Å²) in [5.74, 6) is 1.30. The fraction of sp³-hybridized carbons (Fsp3) is 0.409. The monoisotopic (exact) mass is 485 g/mol. The highest BCUT2D eigenvalue weighted by Gasteiger charge is 2.57. The summed E-state index contributed by atoms with van der Waals surface area (Å²) in [6.45, 7) is 8.79. The minimum Gasteiger partial charge on any atom is -0.376 e. The lowest BCUT2D eigenvalue weighted by Gasteiger charge is -2.70. The number of aromatic amines is 1. The molecule has 1 fully saturated rings. The Balaban J connectivity index is 1.76. The number of anilines is 1. The van der Waals surface area contributed by atoms with Crippen LogP contribution in [-0.2, 0) is 0 Å². The van der Waals surface area contributed by atoms with Crippen LogP contribution >= 0.6 is 0 Å². The van der Waals surface area contributed by atoms with Crippen LogP contribution in [-0.4, -0.2) is 109 Å². The normalized spacial score (nSPS) is 20.1. The number of hydrogen-bond acceptors (Lipinski definition) is 5. The number of pyridine rings is 2. The average Bonchev–Trinajstić information content (AvgIpc) is 3.38. The number of nitrogens with zero attached hydrogens (tertiary/aromatic N) is 5. The lowest BCUT2D eigenvalue weighted by atomic mass is 9.27. The second-order valence-electron chi connectivity index (χ2n) is 13.3. The van der Waals surface area contributed by atoms with Gasteiger partial charge in [0.15, 0.2) is 5.65 Å². The van der Waals surface area contributed by atoms with Crippen LogP contribution in [0.25, 0.3) is 27.9 Å². The molecule has 0 radical (unpaired) electrons. The van der Waals surface area contributed by atoms with Gasteiger partial charge in [0.1, 0.15) is 74.9 Å². The third kappa shape index (κ3) is 3.59. The Labute approximate surface area is 227 Å². The molecule has 7 nitrogen and oxygen atoms in total. The Kier molecular flexibility index (Phi) is 5.70. The molecule has 182 valence electrons. The highest BCUT2D eigenvalue weighted by atomic mass is 15.3. The molecule has 0 saturated carbocycles. The molecule has 1 saturated heterocycles. The van der Waals surface area contributed by atoms with Crippen molar-refractivity contribution in [2.75, 3.05) is 4.90 Å². The second kappa shape index (κ2) is 8.05. The van der Waals surface area contributed by atoms with E-state index in [0.717, 1.165) is 39.3 Å². The summed E-state index contributed by atoms with van der Waals surface area (Å²) in [6.07, 6.45) is 3.71. The van der Waals surface area contributed by atoms with Gasteiger partial charge in [0.2, 0.25) is 0 Å². The molecule has 0 unspecified atom stereocenters. The van der Waals surface area contributed by atoms with E-state index in [1.165, 1.54) is 11.1 Å². The molecule has 5 rings (SSSR count). The number of aryl methyl sites for hydroxylation is 1. The van der Waals surface area contributed by atoms with E-state index in [-0.39, 0.29) is 27.3 Å². The number of nitrogens with one attached hydrogen (secondary N) is 2. The predicted octanol–water partition coefficient (Wildman–Crippen LogP) is -4.90. The van der Waals surface area contributed by atoms with Gasteiger partial charge in [-0.1, -0.05) is 13.8 Å². The van der Waals surface area contributed by atoms with Crippen molar-refractivity contribution in [2.45, 2.75) is 55.0 Å². The molecule has 0 aliphatic carbocycles. The summed E-state index contributed by atoms with van der Waals surface area (Å²) >= 11 is 0. The Hall–Kier alpha value is -2.41. The molecule has 0 bridgehead atoms. The van der Waals surface area contributed by atoms with Crippen molar-refractivity contribution in [1.82, 2.24) is 29.9 Å². The third-order valence-electron chi connectivity index (χ3n) is 9.67. The molecule has 0 aromatic carbocycles. The Morgan fingerprint density at radius 1 is 0.892 bits per heavy atom. The van der Waals surface area contributed by atoms with Gasteiger partial charge in [0, 0.05) is 17.3 Å². The summed E-state index contributed by atoms with van der Waals surface area (Å²) < 4.78 is 1.88. The Bertz CT molecular complexity index is 1510. The van der Waals surface area contributed by atoms with E-state index < -0.39 is 0 Å². The second-order valence-corrected chi connectivity index (χ2v) is 13.3. The predicted molar refractivity (Wildman–Crippen MR) is 177 cm³/mol. The van der Waals surface area contributed by atoms with Crippen molar-refractivity contribution in [2.24, 2.45) is 0 Å².